The van der Waals surface area contributed by atoms with Crippen molar-refractivity contribution < 1.29 is 14.1 Å². The van der Waals surface area contributed by atoms with Crippen LogP contribution in [-0.4, -0.2) is 26.7 Å². The van der Waals surface area contributed by atoms with Crippen LogP contribution < -0.4 is 10.5 Å². The molecule has 1 aromatic carbocycles. The summed E-state index contributed by atoms with van der Waals surface area (Å²) in [6.45, 7) is 4.76. The highest BCUT2D eigenvalue weighted by atomic mass is 32.2. The molecule has 0 fully saturated rings. The minimum absolute atomic E-state index is 0.153. The molecule has 0 saturated carbocycles. The Bertz CT molecular complexity index is 1070. The monoisotopic (exact) mass is 434 g/mol. The predicted molar refractivity (Wildman–Crippen MR) is 121 cm³/mol. The number of allylic oxidation sites excluding steroid dienone is 1. The van der Waals surface area contributed by atoms with Gasteiger partial charge in [-0.2, -0.15) is 0 Å². The van der Waals surface area contributed by atoms with Crippen LogP contribution in [0.3, 0.4) is 0 Å². The van der Waals surface area contributed by atoms with Crippen LogP contribution in [0.5, 0.6) is 0 Å². The Morgan fingerprint density at radius 1 is 1.38 bits per heavy atom. The molecule has 0 heterocycles. The summed E-state index contributed by atoms with van der Waals surface area (Å²) in [6.07, 6.45) is 8.93. The van der Waals surface area contributed by atoms with Crippen molar-refractivity contribution in [3.8, 4) is 0 Å². The number of aliphatic imine (C=N–C) groups is 1. The van der Waals surface area contributed by atoms with Gasteiger partial charge >= 0.3 is 6.03 Å². The number of hydrogen-bond acceptors (Lipinski definition) is 5. The summed E-state index contributed by atoms with van der Waals surface area (Å²) in [5.41, 5.74) is 4.46. The van der Waals surface area contributed by atoms with Gasteiger partial charge in [0.2, 0.25) is 0 Å². The number of urea groups is 1. The lowest BCUT2D eigenvalue weighted by Gasteiger charge is -2.16. The fourth-order valence-electron chi connectivity index (χ4n) is 3.31. The van der Waals surface area contributed by atoms with Crippen LogP contribution in [0.4, 0.5) is 10.5 Å². The molecule has 0 radical (unpaired) electrons. The van der Waals surface area contributed by atoms with Crippen LogP contribution in [0.2, 0.25) is 0 Å². The zero-order valence-corrected chi connectivity index (χ0v) is 18.4. The number of nitrogens with two attached hydrogens (primary N) is 1. The summed E-state index contributed by atoms with van der Waals surface area (Å²) in [7, 11) is -3.57. The van der Waals surface area contributed by atoms with E-state index in [1.54, 1.807) is 20.8 Å². The molecule has 9 heteroatoms. The standard InChI is InChI=1S/C20H26N4O3S2/c1-12(20(2,3)26)22-11-17(28)29(21,27)24-19(25)23-18-15-8-4-6-13(15)10-14-7-5-9-16(14)18/h4,8,10-11,26,28H,5-7,9H2,1-3H3,(H3,21,23,24,25,27)/b17-11+,22-12?. The number of aryl methyl sites for hydroxylation is 1. The first-order valence-corrected chi connectivity index (χ1v) is 11.4. The van der Waals surface area contributed by atoms with Gasteiger partial charge in [-0.15, -0.1) is 17.0 Å². The first-order chi connectivity index (χ1) is 13.5. The van der Waals surface area contributed by atoms with Crippen LogP contribution >= 0.6 is 12.6 Å². The van der Waals surface area contributed by atoms with E-state index in [0.29, 0.717) is 5.71 Å². The molecular weight excluding hydrogens is 408 g/mol. The third-order valence-electron chi connectivity index (χ3n) is 5.15. The molecule has 156 valence electrons. The SMILES string of the molecule is CC(=N/C=C(\S)S(N)(=O)=NC(=O)Nc1c2c(cc3c1CCC3)CC=C2)C(C)(C)O. The first kappa shape index (κ1) is 21.8. The van der Waals surface area contributed by atoms with Gasteiger partial charge in [-0.1, -0.05) is 18.2 Å². The molecule has 2 amide bonds. The van der Waals surface area contributed by atoms with Gasteiger partial charge in [0, 0.05) is 11.3 Å². The average Bonchev–Trinajstić information content (AvgIpc) is 3.26. The minimum atomic E-state index is -3.57. The van der Waals surface area contributed by atoms with Crippen LogP contribution in [0.1, 0.15) is 49.4 Å². The van der Waals surface area contributed by atoms with Crippen molar-refractivity contribution in [2.24, 2.45) is 14.5 Å². The van der Waals surface area contributed by atoms with E-state index in [9.17, 15) is 14.1 Å². The van der Waals surface area contributed by atoms with Gasteiger partial charge in [0.25, 0.3) is 0 Å². The molecule has 1 unspecified atom stereocenters. The number of thiol groups is 1. The second-order valence-corrected chi connectivity index (χ2v) is 10.3. The van der Waals surface area contributed by atoms with Crippen LogP contribution in [0.15, 0.2) is 31.9 Å². The molecule has 0 spiro atoms. The van der Waals surface area contributed by atoms with Crippen molar-refractivity contribution in [1.82, 2.24) is 0 Å². The second-order valence-electron chi connectivity index (χ2n) is 7.75. The molecule has 1 aromatic rings. The highest BCUT2D eigenvalue weighted by molar-refractivity contribution is 8.10. The number of nitrogens with zero attached hydrogens (tertiary/aromatic N) is 2. The number of hydrogen-bond donors (Lipinski definition) is 4. The van der Waals surface area contributed by atoms with E-state index < -0.39 is 21.5 Å². The molecule has 4 N–H and O–H groups in total. The maximum atomic E-state index is 12.7. The number of carbonyl (C=O) groups excluding carboxylic acids is 1. The number of benzene rings is 1. The Balaban J connectivity index is 1.88. The quantitative estimate of drug-likeness (QED) is 0.428. The zero-order valence-electron chi connectivity index (χ0n) is 16.7. The summed E-state index contributed by atoms with van der Waals surface area (Å²) in [5.74, 6) is 0. The zero-order chi connectivity index (χ0) is 21.4. The Morgan fingerprint density at radius 2 is 2.10 bits per heavy atom. The Morgan fingerprint density at radius 3 is 2.79 bits per heavy atom. The number of aliphatic hydroxyl groups is 1. The Labute approximate surface area is 176 Å². The number of rotatable bonds is 4. The van der Waals surface area contributed by atoms with Crippen molar-refractivity contribution in [1.29, 1.82) is 0 Å². The van der Waals surface area contributed by atoms with Crippen molar-refractivity contribution in [3.63, 3.8) is 0 Å². The molecule has 0 bridgehead atoms. The summed E-state index contributed by atoms with van der Waals surface area (Å²) in [4.78, 5) is 16.5. The normalized spacial score (nSPS) is 18.3. The van der Waals surface area contributed by atoms with Crippen molar-refractivity contribution in [3.05, 3.63) is 44.8 Å². The van der Waals surface area contributed by atoms with E-state index in [2.05, 4.69) is 39.4 Å². The lowest BCUT2D eigenvalue weighted by molar-refractivity contribution is 0.153. The molecule has 0 aliphatic heterocycles. The highest BCUT2D eigenvalue weighted by Crippen LogP contribution is 2.38. The summed E-state index contributed by atoms with van der Waals surface area (Å²) in [6, 6.07) is 1.41. The fraction of sp³-hybridized carbons (Fsp3) is 0.400. The van der Waals surface area contributed by atoms with E-state index >= 15 is 0 Å². The van der Waals surface area contributed by atoms with Gasteiger partial charge in [-0.3, -0.25) is 4.99 Å². The third-order valence-corrected chi connectivity index (χ3v) is 7.19. The smallest absolute Gasteiger partial charge is 0.354 e. The van der Waals surface area contributed by atoms with Gasteiger partial charge < -0.3 is 10.4 Å². The van der Waals surface area contributed by atoms with E-state index in [0.717, 1.165) is 48.7 Å². The van der Waals surface area contributed by atoms with Gasteiger partial charge in [0.1, 0.15) is 4.24 Å². The fourth-order valence-corrected chi connectivity index (χ4v) is 4.08. The lowest BCUT2D eigenvalue weighted by Crippen LogP contribution is -2.28. The van der Waals surface area contributed by atoms with Crippen LogP contribution in [-0.2, 0) is 29.2 Å². The number of fused-ring (bicyclic) bond motifs is 2. The molecule has 7 nitrogen and oxygen atoms in total. The highest BCUT2D eigenvalue weighted by Gasteiger charge is 2.23. The van der Waals surface area contributed by atoms with E-state index in [1.807, 2.05) is 6.08 Å². The van der Waals surface area contributed by atoms with Crippen LogP contribution in [0.25, 0.3) is 6.08 Å². The van der Waals surface area contributed by atoms with Gasteiger partial charge in [-0.05, 0) is 63.1 Å². The second kappa shape index (κ2) is 8.06. The molecule has 1 atom stereocenters. The molecule has 2 aliphatic carbocycles. The number of nitrogens with one attached hydrogen (secondary N) is 1. The number of carbonyl (C=O) groups is 1. The van der Waals surface area contributed by atoms with Crippen molar-refractivity contribution in [2.75, 3.05) is 5.32 Å². The van der Waals surface area contributed by atoms with Crippen LogP contribution in [0, 0.1) is 0 Å². The maximum Gasteiger partial charge on any atom is 0.354 e. The van der Waals surface area contributed by atoms with Gasteiger partial charge in [-0.25, -0.2) is 14.1 Å². The number of anilines is 1. The maximum absolute atomic E-state index is 12.7. The third kappa shape index (κ3) is 4.80. The molecule has 2 aliphatic rings. The largest absolute Gasteiger partial charge is 0.385 e. The minimum Gasteiger partial charge on any atom is -0.385 e. The van der Waals surface area contributed by atoms with Gasteiger partial charge in [0.05, 0.1) is 17.5 Å². The molecule has 0 saturated heterocycles. The van der Waals surface area contributed by atoms with Crippen molar-refractivity contribution >= 4 is 46.1 Å². The molecule has 3 rings (SSSR count). The summed E-state index contributed by atoms with van der Waals surface area (Å²) < 4.78 is 16.2. The van der Waals surface area contributed by atoms with E-state index in [4.69, 9.17) is 5.14 Å². The summed E-state index contributed by atoms with van der Waals surface area (Å²) in [5, 5.41) is 18.4. The van der Waals surface area contributed by atoms with Crippen molar-refractivity contribution in [2.45, 2.75) is 52.1 Å². The average molecular weight is 435 g/mol. The first-order valence-electron chi connectivity index (χ1n) is 9.35. The summed E-state index contributed by atoms with van der Waals surface area (Å²) >= 11 is 4.10. The number of amides is 2. The lowest BCUT2D eigenvalue weighted by atomic mass is 9.98. The topological polar surface area (TPSA) is 117 Å². The van der Waals surface area contributed by atoms with E-state index in [1.165, 1.54) is 11.1 Å². The van der Waals surface area contributed by atoms with Gasteiger partial charge in [0.15, 0.2) is 9.92 Å². The molecule has 29 heavy (non-hydrogen) atoms. The Kier molecular flexibility index (Phi) is 6.05. The predicted octanol–water partition coefficient (Wildman–Crippen LogP) is 3.58. The van der Waals surface area contributed by atoms with E-state index in [-0.39, 0.29) is 4.24 Å². The molecule has 0 aromatic heterocycles. The molecular formula is C20H26N4O3S2. The Hall–Kier alpha value is -1.94.